The molecule has 0 aliphatic rings. The van der Waals surface area contributed by atoms with E-state index in [9.17, 15) is 9.59 Å². The van der Waals surface area contributed by atoms with Crippen molar-refractivity contribution in [2.24, 2.45) is 0 Å². The van der Waals surface area contributed by atoms with Crippen molar-refractivity contribution in [2.75, 3.05) is 13.2 Å². The minimum atomic E-state index is -0.496. The van der Waals surface area contributed by atoms with Crippen LogP contribution in [-0.4, -0.2) is 25.0 Å². The fourth-order valence-electron chi connectivity index (χ4n) is 2.30. The number of benzene rings is 3. The van der Waals surface area contributed by atoms with Crippen LogP contribution in [0, 0.1) is 0 Å². The molecule has 0 unspecified atom stereocenters. The molecule has 0 aliphatic carbocycles. The molecule has 0 aromatic heterocycles. The third kappa shape index (κ3) is 5.62. The van der Waals surface area contributed by atoms with E-state index in [4.69, 9.17) is 21.1 Å². The number of fused-ring (bicyclic) bond motifs is 1. The fourth-order valence-corrected chi connectivity index (χ4v) is 2.42. The first-order chi connectivity index (χ1) is 13.1. The van der Waals surface area contributed by atoms with Crippen LogP contribution in [0.4, 0.5) is 0 Å². The molecular weight excluding hydrogens is 368 g/mol. The summed E-state index contributed by atoms with van der Waals surface area (Å²) in [7, 11) is 0. The van der Waals surface area contributed by atoms with Gasteiger partial charge in [0.15, 0.2) is 13.2 Å². The van der Waals surface area contributed by atoms with Crippen molar-refractivity contribution in [3.63, 3.8) is 0 Å². The van der Waals surface area contributed by atoms with E-state index < -0.39 is 11.8 Å². The molecule has 0 spiro atoms. The number of carbonyl (C=O) groups excluding carboxylic acids is 2. The molecule has 0 bridgehead atoms. The zero-order valence-electron chi connectivity index (χ0n) is 14.3. The second-order valence-corrected chi connectivity index (χ2v) is 6.07. The maximum absolute atomic E-state index is 11.8. The lowest BCUT2D eigenvalue weighted by molar-refractivity contribution is -0.131. The van der Waals surface area contributed by atoms with Crippen LogP contribution in [0.5, 0.6) is 11.5 Å². The van der Waals surface area contributed by atoms with Gasteiger partial charge in [-0.1, -0.05) is 41.9 Å². The van der Waals surface area contributed by atoms with E-state index in [1.54, 1.807) is 30.3 Å². The van der Waals surface area contributed by atoms with Gasteiger partial charge in [-0.15, -0.1) is 0 Å². The highest BCUT2D eigenvalue weighted by atomic mass is 35.5. The Morgan fingerprint density at radius 3 is 1.96 bits per heavy atom. The number of carbonyl (C=O) groups is 2. The van der Waals surface area contributed by atoms with Crippen molar-refractivity contribution in [3.05, 3.63) is 71.8 Å². The minimum absolute atomic E-state index is 0.226. The Bertz CT molecular complexity index is 944. The predicted octanol–water partition coefficient (Wildman–Crippen LogP) is 3.10. The topological polar surface area (TPSA) is 76.7 Å². The van der Waals surface area contributed by atoms with Crippen LogP contribution in [0.3, 0.4) is 0 Å². The third-order valence-corrected chi connectivity index (χ3v) is 3.87. The van der Waals surface area contributed by atoms with Gasteiger partial charge < -0.3 is 9.47 Å². The number of halogens is 1. The molecule has 2 N–H and O–H groups in total. The number of ether oxygens (including phenoxy) is 2. The van der Waals surface area contributed by atoms with Crippen molar-refractivity contribution in [1.82, 2.24) is 10.9 Å². The first-order valence-electron chi connectivity index (χ1n) is 8.18. The average Bonchev–Trinajstić information content (AvgIpc) is 2.70. The van der Waals surface area contributed by atoms with Gasteiger partial charge in [-0.25, -0.2) is 0 Å². The van der Waals surface area contributed by atoms with Gasteiger partial charge in [0.05, 0.1) is 0 Å². The van der Waals surface area contributed by atoms with Gasteiger partial charge in [-0.3, -0.25) is 20.4 Å². The fraction of sp³-hybridized carbons (Fsp3) is 0.100. The van der Waals surface area contributed by atoms with Crippen molar-refractivity contribution < 1.29 is 19.1 Å². The van der Waals surface area contributed by atoms with Crippen LogP contribution in [0.2, 0.25) is 5.02 Å². The number of amides is 2. The highest BCUT2D eigenvalue weighted by Crippen LogP contribution is 2.20. The number of rotatable bonds is 6. The Hall–Kier alpha value is -3.25. The minimum Gasteiger partial charge on any atom is -0.484 e. The van der Waals surface area contributed by atoms with Gasteiger partial charge in [0.25, 0.3) is 11.8 Å². The molecule has 0 saturated carbocycles. The molecule has 0 fully saturated rings. The summed E-state index contributed by atoms with van der Waals surface area (Å²) >= 11 is 5.77. The Balaban J connectivity index is 1.39. The summed E-state index contributed by atoms with van der Waals surface area (Å²) in [5.41, 5.74) is 4.53. The molecule has 3 aromatic rings. The zero-order valence-corrected chi connectivity index (χ0v) is 15.0. The maximum Gasteiger partial charge on any atom is 0.276 e. The van der Waals surface area contributed by atoms with Gasteiger partial charge in [0, 0.05) is 5.02 Å². The average molecular weight is 385 g/mol. The predicted molar refractivity (Wildman–Crippen MR) is 103 cm³/mol. The van der Waals surface area contributed by atoms with E-state index >= 15 is 0 Å². The summed E-state index contributed by atoms with van der Waals surface area (Å²) in [5, 5.41) is 2.68. The van der Waals surface area contributed by atoms with E-state index in [1.807, 2.05) is 36.4 Å². The molecule has 27 heavy (non-hydrogen) atoms. The monoisotopic (exact) mass is 384 g/mol. The summed E-state index contributed by atoms with van der Waals surface area (Å²) < 4.78 is 10.7. The van der Waals surface area contributed by atoms with Crippen LogP contribution in [-0.2, 0) is 9.59 Å². The molecule has 3 aromatic carbocycles. The summed E-state index contributed by atoms with van der Waals surface area (Å²) in [6.07, 6.45) is 0. The second-order valence-electron chi connectivity index (χ2n) is 5.64. The van der Waals surface area contributed by atoms with Crippen molar-refractivity contribution >= 4 is 34.2 Å². The first kappa shape index (κ1) is 18.5. The number of hydrogen-bond acceptors (Lipinski definition) is 4. The van der Waals surface area contributed by atoms with Gasteiger partial charge in [-0.2, -0.15) is 0 Å². The Morgan fingerprint density at radius 2 is 1.30 bits per heavy atom. The van der Waals surface area contributed by atoms with Crippen LogP contribution < -0.4 is 20.3 Å². The standard InChI is InChI=1S/C20H17ClN2O4/c21-16-6-9-17(10-7-16)26-12-19(24)22-23-20(25)13-27-18-8-5-14-3-1-2-4-15(14)11-18/h1-11H,12-13H2,(H,22,24)(H,23,25). The highest BCUT2D eigenvalue weighted by molar-refractivity contribution is 6.30. The molecule has 7 heteroatoms. The molecule has 0 atom stereocenters. The zero-order chi connectivity index (χ0) is 19.1. The molecule has 138 valence electrons. The smallest absolute Gasteiger partial charge is 0.276 e. The molecule has 0 aliphatic heterocycles. The summed E-state index contributed by atoms with van der Waals surface area (Å²) in [6, 6.07) is 20.0. The molecule has 6 nitrogen and oxygen atoms in total. The van der Waals surface area contributed by atoms with Crippen LogP contribution >= 0.6 is 11.6 Å². The quantitative estimate of drug-likeness (QED) is 0.640. The van der Waals surface area contributed by atoms with Gasteiger partial charge in [-0.05, 0) is 47.2 Å². The third-order valence-electron chi connectivity index (χ3n) is 3.62. The molecule has 0 saturated heterocycles. The Morgan fingerprint density at radius 1 is 0.741 bits per heavy atom. The largest absolute Gasteiger partial charge is 0.484 e. The molecular formula is C20H17ClN2O4. The molecule has 2 amide bonds. The van der Waals surface area contributed by atoms with E-state index in [0.29, 0.717) is 16.5 Å². The van der Waals surface area contributed by atoms with Crippen LogP contribution in [0.15, 0.2) is 66.7 Å². The lowest BCUT2D eigenvalue weighted by Gasteiger charge is -2.10. The van der Waals surface area contributed by atoms with Gasteiger partial charge >= 0.3 is 0 Å². The first-order valence-corrected chi connectivity index (χ1v) is 8.55. The van der Waals surface area contributed by atoms with Gasteiger partial charge in [0.1, 0.15) is 11.5 Å². The number of hydrazine groups is 1. The van der Waals surface area contributed by atoms with Crippen LogP contribution in [0.25, 0.3) is 10.8 Å². The lowest BCUT2D eigenvalue weighted by Crippen LogP contribution is -2.45. The lowest BCUT2D eigenvalue weighted by atomic mass is 10.1. The number of nitrogens with one attached hydrogen (secondary N) is 2. The molecule has 0 radical (unpaired) electrons. The van der Waals surface area contributed by atoms with Crippen molar-refractivity contribution in [2.45, 2.75) is 0 Å². The van der Waals surface area contributed by atoms with E-state index in [1.165, 1.54) is 0 Å². The maximum atomic E-state index is 11.8. The summed E-state index contributed by atoms with van der Waals surface area (Å²) in [5.74, 6) is 0.0915. The Kier molecular flexibility index (Phi) is 6.12. The Labute approximate surface area is 161 Å². The van der Waals surface area contributed by atoms with E-state index in [0.717, 1.165) is 10.8 Å². The van der Waals surface area contributed by atoms with Crippen molar-refractivity contribution in [1.29, 1.82) is 0 Å². The van der Waals surface area contributed by atoms with Crippen LogP contribution in [0.1, 0.15) is 0 Å². The van der Waals surface area contributed by atoms with Crippen molar-refractivity contribution in [3.8, 4) is 11.5 Å². The molecule has 0 heterocycles. The van der Waals surface area contributed by atoms with Gasteiger partial charge in [0.2, 0.25) is 0 Å². The normalized spacial score (nSPS) is 10.3. The second kappa shape index (κ2) is 8.91. The summed E-state index contributed by atoms with van der Waals surface area (Å²) in [4.78, 5) is 23.5. The molecule has 3 rings (SSSR count). The summed E-state index contributed by atoms with van der Waals surface area (Å²) in [6.45, 7) is -0.468. The van der Waals surface area contributed by atoms with E-state index in [-0.39, 0.29) is 13.2 Å². The number of hydrogen-bond donors (Lipinski definition) is 2. The van der Waals surface area contributed by atoms with E-state index in [2.05, 4.69) is 10.9 Å². The highest BCUT2D eigenvalue weighted by Gasteiger charge is 2.07. The SMILES string of the molecule is O=C(COc1ccc(Cl)cc1)NNC(=O)COc1ccc2ccccc2c1.